The minimum absolute atomic E-state index is 0.322. The van der Waals surface area contributed by atoms with Gasteiger partial charge in [0.25, 0.3) is 0 Å². The molecule has 0 aliphatic heterocycles. The molecule has 2 aromatic rings. The highest BCUT2D eigenvalue weighted by molar-refractivity contribution is 5.67. The number of benzene rings is 1. The van der Waals surface area contributed by atoms with Crippen LogP contribution in [0.15, 0.2) is 18.2 Å². The van der Waals surface area contributed by atoms with E-state index < -0.39 is 0 Å². The summed E-state index contributed by atoms with van der Waals surface area (Å²) in [6.07, 6.45) is 5.59. The average molecular weight is 288 g/mol. The summed E-state index contributed by atoms with van der Waals surface area (Å²) in [6, 6.07) is 5.78. The Labute approximate surface area is 125 Å². The van der Waals surface area contributed by atoms with Crippen molar-refractivity contribution in [1.29, 1.82) is 0 Å². The fourth-order valence-electron chi connectivity index (χ4n) is 2.60. The second-order valence-electron chi connectivity index (χ2n) is 5.42. The molecule has 0 aliphatic rings. The third-order valence-electron chi connectivity index (χ3n) is 3.59. The van der Waals surface area contributed by atoms with E-state index >= 15 is 0 Å². The van der Waals surface area contributed by atoms with Crippen molar-refractivity contribution in [2.75, 3.05) is 11.5 Å². The molecule has 0 radical (unpaired) electrons. The van der Waals surface area contributed by atoms with Crippen molar-refractivity contribution in [1.82, 2.24) is 20.2 Å². The van der Waals surface area contributed by atoms with Gasteiger partial charge in [-0.25, -0.2) is 4.68 Å². The Morgan fingerprint density at radius 1 is 1.05 bits per heavy atom. The molecule has 0 amide bonds. The number of aromatic nitrogens is 4. The van der Waals surface area contributed by atoms with E-state index in [4.69, 9.17) is 11.5 Å². The lowest BCUT2D eigenvalue weighted by molar-refractivity contribution is 0.380. The minimum Gasteiger partial charge on any atom is -0.399 e. The lowest BCUT2D eigenvalue weighted by Gasteiger charge is -2.17. The van der Waals surface area contributed by atoms with Crippen molar-refractivity contribution in [3.63, 3.8) is 0 Å². The Balaban J connectivity index is 2.35. The van der Waals surface area contributed by atoms with Crippen LogP contribution in [0.4, 0.5) is 11.4 Å². The van der Waals surface area contributed by atoms with E-state index in [-0.39, 0.29) is 0 Å². The van der Waals surface area contributed by atoms with Gasteiger partial charge in [0.2, 0.25) is 0 Å². The van der Waals surface area contributed by atoms with Crippen LogP contribution in [-0.2, 0) is 0 Å². The normalized spacial score (nSPS) is 12.5. The van der Waals surface area contributed by atoms with Gasteiger partial charge >= 0.3 is 0 Å². The fraction of sp³-hybridized carbons (Fsp3) is 0.533. The molecule has 1 heterocycles. The number of hydrogen-bond acceptors (Lipinski definition) is 5. The lowest BCUT2D eigenvalue weighted by Crippen LogP contribution is -2.12. The van der Waals surface area contributed by atoms with Crippen molar-refractivity contribution in [2.24, 2.45) is 0 Å². The highest BCUT2D eigenvalue weighted by Crippen LogP contribution is 2.28. The maximum Gasteiger partial charge on any atom is 0.182 e. The van der Waals surface area contributed by atoms with E-state index in [0.717, 1.165) is 30.7 Å². The highest BCUT2D eigenvalue weighted by Gasteiger charge is 2.18. The van der Waals surface area contributed by atoms with Crippen LogP contribution in [-0.4, -0.2) is 20.2 Å². The summed E-state index contributed by atoms with van der Waals surface area (Å²) < 4.78 is 1.92. The molecule has 114 valence electrons. The van der Waals surface area contributed by atoms with Crippen LogP contribution in [0.2, 0.25) is 0 Å². The zero-order chi connectivity index (χ0) is 15.2. The first-order chi connectivity index (χ1) is 10.2. The molecule has 0 fully saturated rings. The van der Waals surface area contributed by atoms with Gasteiger partial charge in [0.05, 0.1) is 6.04 Å². The molecule has 1 aromatic carbocycles. The maximum absolute atomic E-state index is 5.87. The number of nitrogens with zero attached hydrogens (tertiary/aromatic N) is 4. The zero-order valence-electron chi connectivity index (χ0n) is 12.8. The molecule has 6 heteroatoms. The number of anilines is 2. The summed E-state index contributed by atoms with van der Waals surface area (Å²) in [5.41, 5.74) is 13.9. The zero-order valence-corrected chi connectivity index (χ0v) is 12.8. The van der Waals surface area contributed by atoms with Gasteiger partial charge in [0, 0.05) is 16.9 Å². The van der Waals surface area contributed by atoms with Crippen LogP contribution in [0.3, 0.4) is 0 Å². The number of tetrazole rings is 1. The van der Waals surface area contributed by atoms with Crippen LogP contribution >= 0.6 is 0 Å². The SMILES string of the molecule is CCCCC(CCC)n1nnnc1-c1cc(N)cc(N)c1. The van der Waals surface area contributed by atoms with Gasteiger partial charge in [0.1, 0.15) is 0 Å². The molecule has 21 heavy (non-hydrogen) atoms. The monoisotopic (exact) mass is 288 g/mol. The van der Waals surface area contributed by atoms with Gasteiger partial charge in [-0.15, -0.1) is 5.10 Å². The predicted octanol–water partition coefficient (Wildman–Crippen LogP) is 3.04. The molecule has 0 saturated carbocycles. The first-order valence-electron chi connectivity index (χ1n) is 7.60. The second-order valence-corrected chi connectivity index (χ2v) is 5.42. The van der Waals surface area contributed by atoms with E-state index in [0.29, 0.717) is 17.4 Å². The highest BCUT2D eigenvalue weighted by atomic mass is 15.5. The summed E-state index contributed by atoms with van der Waals surface area (Å²) in [6.45, 7) is 4.38. The summed E-state index contributed by atoms with van der Waals surface area (Å²) in [5, 5.41) is 12.2. The van der Waals surface area contributed by atoms with Gasteiger partial charge in [-0.2, -0.15) is 0 Å². The Kier molecular flexibility index (Phi) is 5.14. The molecule has 4 N–H and O–H groups in total. The summed E-state index contributed by atoms with van der Waals surface area (Å²) in [7, 11) is 0. The van der Waals surface area contributed by atoms with Crippen molar-refractivity contribution in [3.05, 3.63) is 18.2 Å². The maximum atomic E-state index is 5.87. The topological polar surface area (TPSA) is 95.6 Å². The van der Waals surface area contributed by atoms with Gasteiger partial charge in [-0.3, -0.25) is 0 Å². The van der Waals surface area contributed by atoms with Gasteiger partial charge in [-0.1, -0.05) is 33.1 Å². The number of nitrogens with two attached hydrogens (primary N) is 2. The molecule has 0 aliphatic carbocycles. The summed E-state index contributed by atoms with van der Waals surface area (Å²) >= 11 is 0. The Bertz CT molecular complexity index is 557. The number of hydrogen-bond donors (Lipinski definition) is 2. The van der Waals surface area contributed by atoms with Crippen LogP contribution in [0.1, 0.15) is 52.0 Å². The summed E-state index contributed by atoms with van der Waals surface area (Å²) in [5.74, 6) is 0.739. The third kappa shape index (κ3) is 3.71. The van der Waals surface area contributed by atoms with E-state index in [1.165, 1.54) is 12.8 Å². The third-order valence-corrected chi connectivity index (χ3v) is 3.59. The Morgan fingerprint density at radius 2 is 1.76 bits per heavy atom. The molecule has 0 bridgehead atoms. The van der Waals surface area contributed by atoms with E-state index in [1.54, 1.807) is 6.07 Å². The van der Waals surface area contributed by atoms with Crippen molar-refractivity contribution < 1.29 is 0 Å². The molecule has 2 rings (SSSR count). The van der Waals surface area contributed by atoms with Crippen LogP contribution in [0, 0.1) is 0 Å². The van der Waals surface area contributed by atoms with E-state index in [1.807, 2.05) is 16.8 Å². The Morgan fingerprint density at radius 3 is 2.38 bits per heavy atom. The quantitative estimate of drug-likeness (QED) is 0.763. The van der Waals surface area contributed by atoms with E-state index in [9.17, 15) is 0 Å². The molecule has 0 saturated heterocycles. The lowest BCUT2D eigenvalue weighted by atomic mass is 10.0. The molecule has 1 atom stereocenters. The van der Waals surface area contributed by atoms with E-state index in [2.05, 4.69) is 29.4 Å². The fourth-order valence-corrected chi connectivity index (χ4v) is 2.60. The van der Waals surface area contributed by atoms with Gasteiger partial charge < -0.3 is 11.5 Å². The smallest absolute Gasteiger partial charge is 0.182 e. The van der Waals surface area contributed by atoms with Gasteiger partial charge in [0.15, 0.2) is 5.82 Å². The van der Waals surface area contributed by atoms with Crippen molar-refractivity contribution >= 4 is 11.4 Å². The molecule has 1 unspecified atom stereocenters. The van der Waals surface area contributed by atoms with Crippen LogP contribution in [0.25, 0.3) is 11.4 Å². The number of unbranched alkanes of at least 4 members (excludes halogenated alkanes) is 1. The van der Waals surface area contributed by atoms with Crippen LogP contribution in [0.5, 0.6) is 0 Å². The van der Waals surface area contributed by atoms with Crippen molar-refractivity contribution in [3.8, 4) is 11.4 Å². The molecular formula is C15H24N6. The summed E-state index contributed by atoms with van der Waals surface area (Å²) in [4.78, 5) is 0. The second kappa shape index (κ2) is 7.06. The van der Waals surface area contributed by atoms with Crippen molar-refractivity contribution in [2.45, 2.75) is 52.0 Å². The first-order valence-corrected chi connectivity index (χ1v) is 7.60. The first kappa shape index (κ1) is 15.3. The van der Waals surface area contributed by atoms with Gasteiger partial charge in [-0.05, 0) is 41.5 Å². The molecule has 1 aromatic heterocycles. The predicted molar refractivity (Wildman–Crippen MR) is 85.5 cm³/mol. The number of rotatable bonds is 7. The average Bonchev–Trinajstić information content (AvgIpc) is 2.91. The molecule has 6 nitrogen and oxygen atoms in total. The standard InChI is InChI=1S/C15H24N6/c1-3-5-7-14(6-4-2)21-15(18-19-20-21)11-8-12(16)10-13(17)9-11/h8-10,14H,3-7,16-17H2,1-2H3. The molecular weight excluding hydrogens is 264 g/mol. The minimum atomic E-state index is 0.322. The molecule has 0 spiro atoms. The Hall–Kier alpha value is -2.11. The number of nitrogen functional groups attached to an aromatic ring is 2. The largest absolute Gasteiger partial charge is 0.399 e. The van der Waals surface area contributed by atoms with Crippen LogP contribution < -0.4 is 11.5 Å².